The molecule has 2 rings (SSSR count). The zero-order valence-corrected chi connectivity index (χ0v) is 11.2. The standard InChI is InChI=1S/C14H19ClN2O/c15-12-5-3-4-11(8-12)9-16-10-14(18)17-13-6-1-2-7-13/h3-5,8,13,16H,1-2,6-7,9-10H2,(H,17,18). The van der Waals surface area contributed by atoms with E-state index in [0.717, 1.165) is 23.4 Å². The summed E-state index contributed by atoms with van der Waals surface area (Å²) in [6.07, 6.45) is 4.72. The highest BCUT2D eigenvalue weighted by molar-refractivity contribution is 6.30. The van der Waals surface area contributed by atoms with Crippen LogP contribution in [0.3, 0.4) is 0 Å². The summed E-state index contributed by atoms with van der Waals surface area (Å²) < 4.78 is 0. The highest BCUT2D eigenvalue weighted by Crippen LogP contribution is 2.17. The SMILES string of the molecule is O=C(CNCc1cccc(Cl)c1)NC1CCCC1. The van der Waals surface area contributed by atoms with Crippen LogP contribution in [0.5, 0.6) is 0 Å². The lowest BCUT2D eigenvalue weighted by Crippen LogP contribution is -2.38. The maximum atomic E-state index is 11.7. The lowest BCUT2D eigenvalue weighted by Gasteiger charge is -2.12. The van der Waals surface area contributed by atoms with Crippen molar-refractivity contribution in [1.29, 1.82) is 0 Å². The first kappa shape index (κ1) is 13.4. The number of rotatable bonds is 5. The third-order valence-electron chi connectivity index (χ3n) is 3.22. The molecule has 0 atom stereocenters. The summed E-state index contributed by atoms with van der Waals surface area (Å²) in [7, 11) is 0. The predicted octanol–water partition coefficient (Wildman–Crippen LogP) is 2.49. The number of halogens is 1. The third kappa shape index (κ3) is 4.31. The summed E-state index contributed by atoms with van der Waals surface area (Å²) in [5.74, 6) is 0.0870. The molecular formula is C14H19ClN2O. The van der Waals surface area contributed by atoms with E-state index in [9.17, 15) is 4.79 Å². The number of carbonyl (C=O) groups excluding carboxylic acids is 1. The Morgan fingerprint density at radius 1 is 1.33 bits per heavy atom. The topological polar surface area (TPSA) is 41.1 Å². The minimum Gasteiger partial charge on any atom is -0.352 e. The van der Waals surface area contributed by atoms with E-state index in [1.54, 1.807) is 0 Å². The van der Waals surface area contributed by atoms with Crippen LogP contribution in [-0.4, -0.2) is 18.5 Å². The summed E-state index contributed by atoms with van der Waals surface area (Å²) >= 11 is 5.89. The van der Waals surface area contributed by atoms with Crippen molar-refractivity contribution in [3.63, 3.8) is 0 Å². The second-order valence-electron chi connectivity index (χ2n) is 4.78. The lowest BCUT2D eigenvalue weighted by atomic mass is 10.2. The van der Waals surface area contributed by atoms with E-state index >= 15 is 0 Å². The van der Waals surface area contributed by atoms with E-state index in [4.69, 9.17) is 11.6 Å². The number of hydrogen-bond acceptors (Lipinski definition) is 2. The van der Waals surface area contributed by atoms with Gasteiger partial charge in [0, 0.05) is 17.6 Å². The first-order chi connectivity index (χ1) is 8.74. The van der Waals surface area contributed by atoms with Crippen LogP contribution in [0.1, 0.15) is 31.2 Å². The molecule has 1 aliphatic rings. The smallest absolute Gasteiger partial charge is 0.234 e. The highest BCUT2D eigenvalue weighted by atomic mass is 35.5. The van der Waals surface area contributed by atoms with Crippen LogP contribution < -0.4 is 10.6 Å². The van der Waals surface area contributed by atoms with Gasteiger partial charge in [0.2, 0.25) is 5.91 Å². The second-order valence-corrected chi connectivity index (χ2v) is 5.22. The van der Waals surface area contributed by atoms with Gasteiger partial charge in [0.1, 0.15) is 0 Å². The Labute approximate surface area is 113 Å². The molecule has 1 aromatic carbocycles. The Hall–Kier alpha value is -1.06. The molecule has 2 N–H and O–H groups in total. The molecule has 0 heterocycles. The molecule has 1 aromatic rings. The van der Waals surface area contributed by atoms with E-state index in [1.807, 2.05) is 24.3 Å². The van der Waals surface area contributed by atoms with Gasteiger partial charge in [-0.05, 0) is 30.5 Å². The molecule has 0 radical (unpaired) electrons. The van der Waals surface area contributed by atoms with Gasteiger partial charge in [-0.15, -0.1) is 0 Å². The van der Waals surface area contributed by atoms with Crippen LogP contribution in [0, 0.1) is 0 Å². The van der Waals surface area contributed by atoms with Crippen molar-refractivity contribution in [3.8, 4) is 0 Å². The summed E-state index contributed by atoms with van der Waals surface area (Å²) in [6, 6.07) is 8.05. The Morgan fingerprint density at radius 2 is 2.11 bits per heavy atom. The van der Waals surface area contributed by atoms with Crippen molar-refractivity contribution in [1.82, 2.24) is 10.6 Å². The molecule has 0 bridgehead atoms. The molecule has 0 saturated heterocycles. The van der Waals surface area contributed by atoms with Crippen molar-refractivity contribution in [2.45, 2.75) is 38.3 Å². The van der Waals surface area contributed by atoms with Crippen LogP contribution >= 0.6 is 11.6 Å². The zero-order chi connectivity index (χ0) is 12.8. The molecule has 1 fully saturated rings. The molecule has 1 amide bonds. The average molecular weight is 267 g/mol. The normalized spacial score (nSPS) is 15.8. The Balaban J connectivity index is 1.66. The van der Waals surface area contributed by atoms with Gasteiger partial charge in [-0.1, -0.05) is 36.6 Å². The van der Waals surface area contributed by atoms with E-state index < -0.39 is 0 Å². The van der Waals surface area contributed by atoms with Crippen molar-refractivity contribution < 1.29 is 4.79 Å². The molecule has 98 valence electrons. The zero-order valence-electron chi connectivity index (χ0n) is 10.4. The van der Waals surface area contributed by atoms with Crippen molar-refractivity contribution in [2.75, 3.05) is 6.54 Å². The van der Waals surface area contributed by atoms with Gasteiger partial charge in [-0.25, -0.2) is 0 Å². The first-order valence-corrected chi connectivity index (χ1v) is 6.86. The molecule has 4 heteroatoms. The molecule has 0 aliphatic heterocycles. The summed E-state index contributed by atoms with van der Waals surface area (Å²) in [6.45, 7) is 1.03. The molecule has 3 nitrogen and oxygen atoms in total. The van der Waals surface area contributed by atoms with Crippen molar-refractivity contribution in [3.05, 3.63) is 34.9 Å². The quantitative estimate of drug-likeness (QED) is 0.860. The van der Waals surface area contributed by atoms with Crippen LogP contribution in [0.4, 0.5) is 0 Å². The number of benzene rings is 1. The monoisotopic (exact) mass is 266 g/mol. The van der Waals surface area contributed by atoms with Crippen molar-refractivity contribution in [2.24, 2.45) is 0 Å². The molecule has 0 unspecified atom stereocenters. The number of carbonyl (C=O) groups is 1. The minimum absolute atomic E-state index is 0.0870. The molecular weight excluding hydrogens is 248 g/mol. The number of amides is 1. The summed E-state index contributed by atoms with van der Waals surface area (Å²) in [5, 5.41) is 6.91. The van der Waals surface area contributed by atoms with E-state index in [1.165, 1.54) is 12.8 Å². The van der Waals surface area contributed by atoms with Gasteiger partial charge in [0.15, 0.2) is 0 Å². The van der Waals surface area contributed by atoms with E-state index in [2.05, 4.69) is 10.6 Å². The fraction of sp³-hybridized carbons (Fsp3) is 0.500. The molecule has 0 spiro atoms. The average Bonchev–Trinajstić information content (AvgIpc) is 2.82. The summed E-state index contributed by atoms with van der Waals surface area (Å²) in [4.78, 5) is 11.7. The van der Waals surface area contributed by atoms with Gasteiger partial charge in [-0.2, -0.15) is 0 Å². The van der Waals surface area contributed by atoms with Gasteiger partial charge in [0.25, 0.3) is 0 Å². The summed E-state index contributed by atoms with van der Waals surface area (Å²) in [5.41, 5.74) is 1.09. The molecule has 18 heavy (non-hydrogen) atoms. The number of nitrogens with one attached hydrogen (secondary N) is 2. The van der Waals surface area contributed by atoms with Crippen LogP contribution in [0.15, 0.2) is 24.3 Å². The fourth-order valence-electron chi connectivity index (χ4n) is 2.32. The van der Waals surface area contributed by atoms with Gasteiger partial charge >= 0.3 is 0 Å². The maximum absolute atomic E-state index is 11.7. The Bertz CT molecular complexity index is 403. The van der Waals surface area contributed by atoms with Crippen LogP contribution in [-0.2, 0) is 11.3 Å². The Kier molecular flexibility index (Phi) is 5.02. The molecule has 0 aromatic heterocycles. The maximum Gasteiger partial charge on any atom is 0.234 e. The van der Waals surface area contributed by atoms with Crippen molar-refractivity contribution >= 4 is 17.5 Å². The van der Waals surface area contributed by atoms with Crippen LogP contribution in [0.2, 0.25) is 5.02 Å². The molecule has 1 saturated carbocycles. The van der Waals surface area contributed by atoms with Gasteiger partial charge in [-0.3, -0.25) is 4.79 Å². The first-order valence-electron chi connectivity index (χ1n) is 6.48. The van der Waals surface area contributed by atoms with E-state index in [0.29, 0.717) is 19.1 Å². The van der Waals surface area contributed by atoms with Gasteiger partial charge < -0.3 is 10.6 Å². The highest BCUT2D eigenvalue weighted by Gasteiger charge is 2.16. The van der Waals surface area contributed by atoms with Gasteiger partial charge in [0.05, 0.1) is 6.54 Å². The largest absolute Gasteiger partial charge is 0.352 e. The third-order valence-corrected chi connectivity index (χ3v) is 3.46. The second kappa shape index (κ2) is 6.76. The lowest BCUT2D eigenvalue weighted by molar-refractivity contribution is -0.120. The number of hydrogen-bond donors (Lipinski definition) is 2. The minimum atomic E-state index is 0.0870. The predicted molar refractivity (Wildman–Crippen MR) is 73.6 cm³/mol. The Morgan fingerprint density at radius 3 is 2.83 bits per heavy atom. The molecule has 1 aliphatic carbocycles. The van der Waals surface area contributed by atoms with E-state index in [-0.39, 0.29) is 5.91 Å². The fourth-order valence-corrected chi connectivity index (χ4v) is 2.53. The van der Waals surface area contributed by atoms with Crippen LogP contribution in [0.25, 0.3) is 0 Å².